The van der Waals surface area contributed by atoms with Crippen molar-refractivity contribution in [2.24, 2.45) is 56.7 Å². The zero-order valence-electron chi connectivity index (χ0n) is 31.0. The molecule has 264 valence electrons. The lowest BCUT2D eigenvalue weighted by atomic mass is 9.33. The zero-order valence-corrected chi connectivity index (χ0v) is 31.0. The quantitative estimate of drug-likeness (QED) is 0.229. The maximum absolute atomic E-state index is 13.9. The van der Waals surface area contributed by atoms with E-state index >= 15 is 0 Å². The van der Waals surface area contributed by atoms with E-state index in [0.29, 0.717) is 48.9 Å². The standard InChI is InChI=1S/C42H66FNO3/c1-27(2)29-14-21-42(44-25-24-36(3,4)47)23-22-39(8)31(34(29)42)10-11-33-38(7)17-15-30(37(5,6)32(38)16-18-40(33,39)9)28-12-19-41(26-43,20-13-28)35(45)46/h12,15,29,31-34,44,47H,1,10-11,13-14,16-26H2,2-9H3,(H,45,46)/t29-,31+,32-,33+,34+,38-,39+,40+,41?,42-/m0/s1. The third-order valence-corrected chi connectivity index (χ3v) is 16.5. The van der Waals surface area contributed by atoms with Crippen LogP contribution in [-0.2, 0) is 4.79 Å². The van der Waals surface area contributed by atoms with Crippen molar-refractivity contribution in [3.05, 3.63) is 35.5 Å². The van der Waals surface area contributed by atoms with Gasteiger partial charge < -0.3 is 15.5 Å². The van der Waals surface area contributed by atoms with Gasteiger partial charge >= 0.3 is 5.97 Å². The first kappa shape index (κ1) is 35.4. The minimum atomic E-state index is -1.25. The van der Waals surface area contributed by atoms with Gasteiger partial charge in [-0.05, 0) is 173 Å². The molecule has 6 aliphatic rings. The molecule has 0 aromatic rings. The van der Waals surface area contributed by atoms with E-state index in [1.54, 1.807) is 0 Å². The molecule has 0 heterocycles. The van der Waals surface area contributed by atoms with Crippen molar-refractivity contribution in [3.8, 4) is 0 Å². The van der Waals surface area contributed by atoms with Crippen molar-refractivity contribution >= 4 is 5.97 Å². The summed E-state index contributed by atoms with van der Waals surface area (Å²) in [5.41, 5.74) is 3.08. The van der Waals surface area contributed by atoms with Crippen LogP contribution in [0.3, 0.4) is 0 Å². The molecule has 5 heteroatoms. The van der Waals surface area contributed by atoms with E-state index in [1.165, 1.54) is 68.1 Å². The Balaban J connectivity index is 1.30. The van der Waals surface area contributed by atoms with Crippen LogP contribution >= 0.6 is 0 Å². The minimum Gasteiger partial charge on any atom is -0.481 e. The molecule has 0 amide bonds. The number of hydrogen-bond acceptors (Lipinski definition) is 3. The zero-order chi connectivity index (χ0) is 34.4. The molecule has 47 heavy (non-hydrogen) atoms. The molecule has 4 saturated carbocycles. The Bertz CT molecular complexity index is 1340. The molecule has 4 fully saturated rings. The number of fused-ring (bicyclic) bond motifs is 7. The van der Waals surface area contributed by atoms with Gasteiger partial charge in [0.15, 0.2) is 0 Å². The van der Waals surface area contributed by atoms with Crippen molar-refractivity contribution in [3.63, 3.8) is 0 Å². The first-order valence-electron chi connectivity index (χ1n) is 19.1. The van der Waals surface area contributed by atoms with E-state index in [1.807, 2.05) is 13.8 Å². The smallest absolute Gasteiger partial charge is 0.312 e. The summed E-state index contributed by atoms with van der Waals surface area (Å²) in [6, 6.07) is 0. The Morgan fingerprint density at radius 3 is 2.28 bits per heavy atom. The van der Waals surface area contributed by atoms with Gasteiger partial charge in [-0.25, -0.2) is 4.39 Å². The largest absolute Gasteiger partial charge is 0.481 e. The summed E-state index contributed by atoms with van der Waals surface area (Å²) < 4.78 is 13.9. The lowest BCUT2D eigenvalue weighted by molar-refractivity contribution is -0.221. The highest BCUT2D eigenvalue weighted by molar-refractivity contribution is 5.75. The second-order valence-corrected chi connectivity index (χ2v) is 19.5. The van der Waals surface area contributed by atoms with Crippen molar-refractivity contribution < 1.29 is 19.4 Å². The molecule has 0 spiro atoms. The SMILES string of the molecule is C=C(C)[C@@H]1CC[C@]2(NCCC(C)(C)O)CC[C@]3(C)[C@H](CC[C@@H]4[C@@]5(C)CC=C(C6=CCC(CF)(C(=O)O)CC6)C(C)(C)[C@@H]5CC[C@]43C)[C@@H]12. The number of hydrogen-bond donors (Lipinski definition) is 3. The van der Waals surface area contributed by atoms with Crippen molar-refractivity contribution in [2.45, 2.75) is 150 Å². The van der Waals surface area contributed by atoms with Gasteiger partial charge in [-0.1, -0.05) is 58.9 Å². The van der Waals surface area contributed by atoms with Gasteiger partial charge in [0.1, 0.15) is 6.67 Å². The van der Waals surface area contributed by atoms with Crippen LogP contribution in [0.2, 0.25) is 0 Å². The third kappa shape index (κ3) is 5.20. The van der Waals surface area contributed by atoms with Gasteiger partial charge in [0, 0.05) is 5.54 Å². The van der Waals surface area contributed by atoms with Crippen LogP contribution in [0, 0.1) is 56.7 Å². The van der Waals surface area contributed by atoms with E-state index in [-0.39, 0.29) is 27.2 Å². The van der Waals surface area contributed by atoms with Crippen molar-refractivity contribution in [1.29, 1.82) is 0 Å². The number of alkyl halides is 1. The molecule has 3 N–H and O–H groups in total. The van der Waals surface area contributed by atoms with E-state index in [4.69, 9.17) is 0 Å². The fraction of sp³-hybridized carbons (Fsp3) is 0.833. The van der Waals surface area contributed by atoms with Gasteiger partial charge in [-0.2, -0.15) is 0 Å². The highest BCUT2D eigenvalue weighted by Crippen LogP contribution is 2.76. The number of carboxylic acid groups (broad SMARTS) is 1. The summed E-state index contributed by atoms with van der Waals surface area (Å²) >= 11 is 0. The molecule has 10 atom stereocenters. The first-order chi connectivity index (χ1) is 21.8. The van der Waals surface area contributed by atoms with E-state index in [9.17, 15) is 19.4 Å². The molecule has 0 aliphatic heterocycles. The summed E-state index contributed by atoms with van der Waals surface area (Å²) in [6.07, 6.45) is 17.9. The molecular weight excluding hydrogens is 585 g/mol. The lowest BCUT2D eigenvalue weighted by Gasteiger charge is -2.72. The number of carboxylic acids is 1. The fourth-order valence-corrected chi connectivity index (χ4v) is 13.7. The molecule has 0 bridgehead atoms. The van der Waals surface area contributed by atoms with Gasteiger partial charge in [0.2, 0.25) is 0 Å². The number of aliphatic hydroxyl groups is 1. The summed E-state index contributed by atoms with van der Waals surface area (Å²) in [5.74, 6) is 2.10. The Hall–Kier alpha value is -1.46. The lowest BCUT2D eigenvalue weighted by Crippen LogP contribution is -2.68. The molecule has 4 nitrogen and oxygen atoms in total. The van der Waals surface area contributed by atoms with Gasteiger partial charge in [0.25, 0.3) is 0 Å². The molecular formula is C42H66FNO3. The predicted octanol–water partition coefficient (Wildman–Crippen LogP) is 9.83. The number of halogens is 1. The summed E-state index contributed by atoms with van der Waals surface area (Å²) in [7, 11) is 0. The first-order valence-corrected chi connectivity index (χ1v) is 19.1. The predicted molar refractivity (Wildman–Crippen MR) is 190 cm³/mol. The van der Waals surface area contributed by atoms with Crippen LogP contribution < -0.4 is 5.32 Å². The fourth-order valence-electron chi connectivity index (χ4n) is 13.7. The summed E-state index contributed by atoms with van der Waals surface area (Å²) in [6.45, 7) is 23.7. The van der Waals surface area contributed by atoms with Gasteiger partial charge in [0.05, 0.1) is 11.0 Å². The van der Waals surface area contributed by atoms with Crippen LogP contribution in [0.15, 0.2) is 35.5 Å². The Morgan fingerprint density at radius 1 is 0.957 bits per heavy atom. The van der Waals surface area contributed by atoms with E-state index in [2.05, 4.69) is 65.6 Å². The normalized spacial score (nSPS) is 45.9. The molecule has 0 radical (unpaired) electrons. The topological polar surface area (TPSA) is 69.6 Å². The molecule has 6 aliphatic carbocycles. The second kappa shape index (κ2) is 11.5. The number of carbonyl (C=O) groups is 1. The Morgan fingerprint density at radius 2 is 1.68 bits per heavy atom. The maximum atomic E-state index is 13.9. The van der Waals surface area contributed by atoms with Crippen LogP contribution in [0.25, 0.3) is 0 Å². The van der Waals surface area contributed by atoms with Crippen LogP contribution in [-0.4, -0.2) is 40.5 Å². The number of rotatable bonds is 8. The van der Waals surface area contributed by atoms with E-state index < -0.39 is 23.7 Å². The molecule has 1 unspecified atom stereocenters. The van der Waals surface area contributed by atoms with E-state index in [0.717, 1.165) is 19.4 Å². The highest BCUT2D eigenvalue weighted by atomic mass is 19.1. The van der Waals surface area contributed by atoms with Gasteiger partial charge in [-0.15, -0.1) is 0 Å². The third-order valence-electron chi connectivity index (χ3n) is 16.5. The van der Waals surface area contributed by atoms with Crippen LogP contribution in [0.1, 0.15) is 139 Å². The summed E-state index contributed by atoms with van der Waals surface area (Å²) in [5, 5.41) is 24.4. The van der Waals surface area contributed by atoms with Gasteiger partial charge in [-0.3, -0.25) is 4.79 Å². The average Bonchev–Trinajstić information content (AvgIpc) is 3.37. The maximum Gasteiger partial charge on any atom is 0.312 e. The summed E-state index contributed by atoms with van der Waals surface area (Å²) in [4.78, 5) is 11.9. The number of aliphatic carboxylic acids is 1. The monoisotopic (exact) mass is 652 g/mol. The van der Waals surface area contributed by atoms with Crippen LogP contribution in [0.5, 0.6) is 0 Å². The van der Waals surface area contributed by atoms with Crippen molar-refractivity contribution in [2.75, 3.05) is 13.2 Å². The number of allylic oxidation sites excluding steroid dienone is 5. The molecule has 0 saturated heterocycles. The van der Waals surface area contributed by atoms with Crippen LogP contribution in [0.4, 0.5) is 4.39 Å². The second-order valence-electron chi connectivity index (χ2n) is 19.5. The Kier molecular flexibility index (Phi) is 8.68. The molecule has 0 aromatic heterocycles. The number of nitrogens with one attached hydrogen (secondary N) is 1. The van der Waals surface area contributed by atoms with Crippen molar-refractivity contribution in [1.82, 2.24) is 5.32 Å². The average molecular weight is 652 g/mol. The minimum absolute atomic E-state index is 0.000519. The Labute approximate surface area is 285 Å². The molecule has 0 aromatic carbocycles. The highest BCUT2D eigenvalue weighted by Gasteiger charge is 2.70. The molecule has 6 rings (SSSR count).